The maximum Gasteiger partial charge on any atom is 0.228 e. The van der Waals surface area contributed by atoms with Crippen molar-refractivity contribution >= 4 is 38.6 Å². The molecule has 3 rings (SSSR count). The highest BCUT2D eigenvalue weighted by molar-refractivity contribution is 9.09. The molecule has 88 valence electrons. The molecule has 4 nitrogen and oxygen atoms in total. The lowest BCUT2D eigenvalue weighted by Crippen LogP contribution is -2.24. The Kier molecular flexibility index (Phi) is 2.43. The third-order valence-corrected chi connectivity index (χ3v) is 3.71. The Morgan fingerprint density at radius 3 is 3.00 bits per heavy atom. The maximum atomic E-state index is 11.8. The minimum atomic E-state index is 0.169. The van der Waals surface area contributed by atoms with Gasteiger partial charge in [-0.2, -0.15) is 0 Å². The number of carbonyl (C=O) groups excluding carboxylic acids is 1. The highest BCUT2D eigenvalue weighted by Gasteiger charge is 2.28. The van der Waals surface area contributed by atoms with Crippen LogP contribution < -0.4 is 4.90 Å². The van der Waals surface area contributed by atoms with E-state index in [9.17, 15) is 4.79 Å². The fraction of sp³-hybridized carbons (Fsp3) is 0.333. The van der Waals surface area contributed by atoms with Crippen LogP contribution in [-0.4, -0.2) is 26.8 Å². The second-order valence-electron chi connectivity index (χ2n) is 4.33. The molecule has 1 aromatic heterocycles. The molecule has 2 aromatic rings. The van der Waals surface area contributed by atoms with E-state index in [0.29, 0.717) is 6.42 Å². The molecule has 1 aromatic carbocycles. The van der Waals surface area contributed by atoms with Crippen LogP contribution >= 0.6 is 15.9 Å². The third-order valence-electron chi connectivity index (χ3n) is 3.10. The second-order valence-corrected chi connectivity index (χ2v) is 5.63. The van der Waals surface area contributed by atoms with Crippen LogP contribution in [0.15, 0.2) is 24.5 Å². The van der Waals surface area contributed by atoms with Crippen molar-refractivity contribution in [3.63, 3.8) is 0 Å². The highest BCUT2D eigenvalue weighted by Crippen LogP contribution is 2.27. The number of fused-ring (bicyclic) bond motifs is 1. The largest absolute Gasteiger partial charge is 0.334 e. The number of carbonyl (C=O) groups is 1. The average molecular weight is 294 g/mol. The van der Waals surface area contributed by atoms with Crippen LogP contribution in [0.25, 0.3) is 11.0 Å². The van der Waals surface area contributed by atoms with Crippen molar-refractivity contribution in [2.45, 2.75) is 11.2 Å². The number of hydrogen-bond acceptors (Lipinski definition) is 2. The Hall–Kier alpha value is -1.36. The number of alkyl halides is 1. The summed E-state index contributed by atoms with van der Waals surface area (Å²) in [5.74, 6) is 0.169. The van der Waals surface area contributed by atoms with E-state index in [0.717, 1.165) is 23.3 Å². The number of aryl methyl sites for hydroxylation is 1. The first kappa shape index (κ1) is 10.8. The number of benzene rings is 1. The van der Waals surface area contributed by atoms with E-state index < -0.39 is 0 Å². The predicted molar refractivity (Wildman–Crippen MR) is 70.4 cm³/mol. The molecule has 1 saturated heterocycles. The van der Waals surface area contributed by atoms with E-state index in [1.165, 1.54) is 0 Å². The van der Waals surface area contributed by atoms with Crippen LogP contribution in [0.2, 0.25) is 0 Å². The van der Waals surface area contributed by atoms with Crippen LogP contribution in [0.1, 0.15) is 6.42 Å². The second kappa shape index (κ2) is 3.84. The molecule has 1 aliphatic rings. The topological polar surface area (TPSA) is 38.1 Å². The van der Waals surface area contributed by atoms with E-state index in [1.807, 2.05) is 34.7 Å². The summed E-state index contributed by atoms with van der Waals surface area (Å²) in [6.07, 6.45) is 2.35. The van der Waals surface area contributed by atoms with E-state index in [4.69, 9.17) is 0 Å². The number of aromatic nitrogens is 2. The molecule has 17 heavy (non-hydrogen) atoms. The van der Waals surface area contributed by atoms with E-state index in [-0.39, 0.29) is 10.7 Å². The summed E-state index contributed by atoms with van der Waals surface area (Å²) in [5, 5.41) is 0. The van der Waals surface area contributed by atoms with E-state index in [2.05, 4.69) is 20.9 Å². The zero-order chi connectivity index (χ0) is 12.0. The van der Waals surface area contributed by atoms with Crippen molar-refractivity contribution in [1.82, 2.24) is 9.55 Å². The van der Waals surface area contributed by atoms with Crippen LogP contribution in [0.3, 0.4) is 0 Å². The van der Waals surface area contributed by atoms with Gasteiger partial charge in [0.1, 0.15) is 0 Å². The summed E-state index contributed by atoms with van der Waals surface area (Å²) in [7, 11) is 1.96. The molecule has 1 aliphatic heterocycles. The van der Waals surface area contributed by atoms with Gasteiger partial charge < -0.3 is 9.47 Å². The number of imidazole rings is 1. The number of amides is 1. The first-order chi connectivity index (χ1) is 8.15. The Labute approximate surface area is 107 Å². The maximum absolute atomic E-state index is 11.8. The molecule has 0 bridgehead atoms. The van der Waals surface area contributed by atoms with Crippen LogP contribution in [0, 0.1) is 0 Å². The fourth-order valence-electron chi connectivity index (χ4n) is 2.21. The Morgan fingerprint density at radius 2 is 2.29 bits per heavy atom. The van der Waals surface area contributed by atoms with Crippen LogP contribution in [-0.2, 0) is 11.8 Å². The molecule has 0 N–H and O–H groups in total. The van der Waals surface area contributed by atoms with Crippen molar-refractivity contribution in [2.75, 3.05) is 11.4 Å². The zero-order valence-electron chi connectivity index (χ0n) is 9.43. The third kappa shape index (κ3) is 1.74. The lowest BCUT2D eigenvalue weighted by molar-refractivity contribution is -0.117. The summed E-state index contributed by atoms with van der Waals surface area (Å²) >= 11 is 3.49. The highest BCUT2D eigenvalue weighted by atomic mass is 79.9. The van der Waals surface area contributed by atoms with Gasteiger partial charge in [0.25, 0.3) is 0 Å². The van der Waals surface area contributed by atoms with E-state index >= 15 is 0 Å². The fourth-order valence-corrected chi connectivity index (χ4v) is 2.77. The van der Waals surface area contributed by atoms with Gasteiger partial charge in [0.15, 0.2) is 0 Å². The van der Waals surface area contributed by atoms with Gasteiger partial charge >= 0.3 is 0 Å². The molecule has 0 spiro atoms. The summed E-state index contributed by atoms with van der Waals surface area (Å²) < 4.78 is 1.97. The van der Waals surface area contributed by atoms with Crippen molar-refractivity contribution in [3.8, 4) is 0 Å². The number of hydrogen-bond donors (Lipinski definition) is 0. The average Bonchev–Trinajstić information content (AvgIpc) is 2.82. The smallest absolute Gasteiger partial charge is 0.228 e. The van der Waals surface area contributed by atoms with Gasteiger partial charge in [-0.3, -0.25) is 4.79 Å². The van der Waals surface area contributed by atoms with E-state index in [1.54, 1.807) is 6.33 Å². The first-order valence-electron chi connectivity index (χ1n) is 5.50. The van der Waals surface area contributed by atoms with Gasteiger partial charge in [-0.25, -0.2) is 4.98 Å². The van der Waals surface area contributed by atoms with Gasteiger partial charge in [-0.1, -0.05) is 15.9 Å². The number of rotatable bonds is 1. The number of halogens is 1. The van der Waals surface area contributed by atoms with Crippen molar-refractivity contribution in [1.29, 1.82) is 0 Å². The Balaban J connectivity index is 2.03. The molecule has 5 heteroatoms. The lowest BCUT2D eigenvalue weighted by atomic mass is 10.2. The van der Waals surface area contributed by atoms with Gasteiger partial charge in [0, 0.05) is 30.5 Å². The Morgan fingerprint density at radius 1 is 1.47 bits per heavy atom. The predicted octanol–water partition coefficient (Wildman–Crippen LogP) is 2.07. The van der Waals surface area contributed by atoms with Gasteiger partial charge in [-0.15, -0.1) is 0 Å². The molecule has 2 heterocycles. The van der Waals surface area contributed by atoms with Crippen LogP contribution in [0.5, 0.6) is 0 Å². The van der Waals surface area contributed by atoms with Crippen LogP contribution in [0.4, 0.5) is 5.69 Å². The molecule has 1 fully saturated rings. The Bertz CT molecular complexity index is 592. The van der Waals surface area contributed by atoms with Gasteiger partial charge in [0.2, 0.25) is 5.91 Å². The van der Waals surface area contributed by atoms with Crippen molar-refractivity contribution in [3.05, 3.63) is 24.5 Å². The van der Waals surface area contributed by atoms with Gasteiger partial charge in [-0.05, 0) is 18.2 Å². The normalized spacial score (nSPS) is 20.5. The quantitative estimate of drug-likeness (QED) is 0.755. The molecule has 1 atom stereocenters. The molecule has 1 unspecified atom stereocenters. The van der Waals surface area contributed by atoms with Crippen molar-refractivity contribution < 1.29 is 4.79 Å². The number of nitrogens with zero attached hydrogens (tertiary/aromatic N) is 3. The van der Waals surface area contributed by atoms with Crippen molar-refractivity contribution in [2.24, 2.45) is 7.05 Å². The first-order valence-corrected chi connectivity index (χ1v) is 6.42. The molecule has 0 radical (unpaired) electrons. The molecule has 1 amide bonds. The molecule has 0 saturated carbocycles. The van der Waals surface area contributed by atoms with Gasteiger partial charge in [0.05, 0.1) is 17.4 Å². The minimum Gasteiger partial charge on any atom is -0.334 e. The minimum absolute atomic E-state index is 0.169. The summed E-state index contributed by atoms with van der Waals surface area (Å²) in [6, 6.07) is 5.96. The monoisotopic (exact) mass is 293 g/mol. The molecule has 0 aliphatic carbocycles. The summed E-state index contributed by atoms with van der Waals surface area (Å²) in [5.41, 5.74) is 2.94. The molecular weight excluding hydrogens is 282 g/mol. The lowest BCUT2D eigenvalue weighted by Gasteiger charge is -2.15. The zero-order valence-corrected chi connectivity index (χ0v) is 11.0. The summed E-state index contributed by atoms with van der Waals surface area (Å²) in [6.45, 7) is 0.733. The molecular formula is C12H12BrN3O. The summed E-state index contributed by atoms with van der Waals surface area (Å²) in [4.78, 5) is 18.2. The standard InChI is InChI=1S/C12H12BrN3O/c1-15-7-14-10-5-9(2-3-11(10)15)16-6-8(13)4-12(16)17/h2-3,5,7-8H,4,6H2,1H3. The SMILES string of the molecule is Cn1cnc2cc(N3CC(Br)CC3=O)ccc21. The number of anilines is 1.